The van der Waals surface area contributed by atoms with Crippen LogP contribution in [0.25, 0.3) is 0 Å². The van der Waals surface area contributed by atoms with Crippen molar-refractivity contribution in [1.29, 1.82) is 0 Å². The van der Waals surface area contributed by atoms with Gasteiger partial charge in [0.2, 0.25) is 5.91 Å². The molecule has 3 rings (SSSR count). The molecule has 1 fully saturated rings. The van der Waals surface area contributed by atoms with Crippen LogP contribution in [0, 0.1) is 0 Å². The van der Waals surface area contributed by atoms with Gasteiger partial charge in [0.1, 0.15) is 5.82 Å². The van der Waals surface area contributed by atoms with Crippen molar-refractivity contribution in [2.45, 2.75) is 13.5 Å². The number of ether oxygens (including phenoxy) is 2. The van der Waals surface area contributed by atoms with E-state index in [1.165, 1.54) is 0 Å². The topological polar surface area (TPSA) is 84.0 Å². The molecule has 1 aromatic heterocycles. The van der Waals surface area contributed by atoms with Crippen molar-refractivity contribution in [3.8, 4) is 11.5 Å². The summed E-state index contributed by atoms with van der Waals surface area (Å²) in [5.74, 6) is 2.01. The molecule has 0 spiro atoms. The van der Waals surface area contributed by atoms with Gasteiger partial charge in [-0.2, -0.15) is 0 Å². The zero-order valence-electron chi connectivity index (χ0n) is 17.0. The van der Waals surface area contributed by atoms with E-state index in [1.54, 1.807) is 49.3 Å². The summed E-state index contributed by atoms with van der Waals surface area (Å²) in [4.78, 5) is 31.9. The normalized spacial score (nSPS) is 13.8. The fourth-order valence-electron chi connectivity index (χ4n) is 3.22. The number of carbonyl (C=O) groups is 2. The minimum absolute atomic E-state index is 0.0451. The van der Waals surface area contributed by atoms with Gasteiger partial charge in [-0.25, -0.2) is 4.98 Å². The van der Waals surface area contributed by atoms with E-state index in [9.17, 15) is 9.59 Å². The molecule has 8 heteroatoms. The number of piperazine rings is 1. The largest absolute Gasteiger partial charge is 0.493 e. The molecule has 0 atom stereocenters. The number of aromatic nitrogens is 1. The SMILES string of the molecule is COc1ccc(CNc2ccc(C(=O)N3CCN(C(C)=O)CC3)cn2)cc1OC. The molecule has 0 aliphatic carbocycles. The second kappa shape index (κ2) is 9.27. The number of benzene rings is 1. The minimum Gasteiger partial charge on any atom is -0.493 e. The summed E-state index contributed by atoms with van der Waals surface area (Å²) in [6, 6.07) is 9.28. The van der Waals surface area contributed by atoms with E-state index in [1.807, 2.05) is 18.2 Å². The summed E-state index contributed by atoms with van der Waals surface area (Å²) in [6.45, 7) is 4.33. The van der Waals surface area contributed by atoms with Crippen molar-refractivity contribution in [3.05, 3.63) is 47.7 Å². The Kier molecular flexibility index (Phi) is 6.54. The Labute approximate surface area is 170 Å². The molecule has 29 heavy (non-hydrogen) atoms. The molecule has 154 valence electrons. The highest BCUT2D eigenvalue weighted by Gasteiger charge is 2.23. The highest BCUT2D eigenvalue weighted by molar-refractivity contribution is 5.94. The van der Waals surface area contributed by atoms with Gasteiger partial charge in [0.05, 0.1) is 19.8 Å². The van der Waals surface area contributed by atoms with Crippen molar-refractivity contribution in [1.82, 2.24) is 14.8 Å². The first-order valence-electron chi connectivity index (χ1n) is 9.47. The predicted octanol–water partition coefficient (Wildman–Crippen LogP) is 2.02. The van der Waals surface area contributed by atoms with Crippen molar-refractivity contribution in [3.63, 3.8) is 0 Å². The van der Waals surface area contributed by atoms with Crippen LogP contribution < -0.4 is 14.8 Å². The first-order chi connectivity index (χ1) is 14.0. The summed E-state index contributed by atoms with van der Waals surface area (Å²) >= 11 is 0. The molecular weight excluding hydrogens is 372 g/mol. The first kappa shape index (κ1) is 20.4. The lowest BCUT2D eigenvalue weighted by Gasteiger charge is -2.34. The molecule has 8 nitrogen and oxygen atoms in total. The Morgan fingerprint density at radius 2 is 1.69 bits per heavy atom. The summed E-state index contributed by atoms with van der Waals surface area (Å²) in [5.41, 5.74) is 1.56. The van der Waals surface area contributed by atoms with Gasteiger partial charge in [-0.3, -0.25) is 9.59 Å². The number of carbonyl (C=O) groups excluding carboxylic acids is 2. The van der Waals surface area contributed by atoms with E-state index in [0.717, 1.165) is 5.56 Å². The van der Waals surface area contributed by atoms with Crippen LogP contribution in [-0.2, 0) is 11.3 Å². The maximum absolute atomic E-state index is 12.6. The quantitative estimate of drug-likeness (QED) is 0.802. The smallest absolute Gasteiger partial charge is 0.255 e. The van der Waals surface area contributed by atoms with Gasteiger partial charge in [-0.15, -0.1) is 0 Å². The van der Waals surface area contributed by atoms with Crippen LogP contribution in [0.4, 0.5) is 5.82 Å². The van der Waals surface area contributed by atoms with Crippen LogP contribution >= 0.6 is 0 Å². The summed E-state index contributed by atoms with van der Waals surface area (Å²) in [7, 11) is 3.21. The number of hydrogen-bond acceptors (Lipinski definition) is 6. The molecule has 0 saturated carbocycles. The van der Waals surface area contributed by atoms with Gasteiger partial charge in [0, 0.05) is 45.8 Å². The summed E-state index contributed by atoms with van der Waals surface area (Å²) in [5, 5.41) is 3.24. The molecule has 0 radical (unpaired) electrons. The Morgan fingerprint density at radius 1 is 1.00 bits per heavy atom. The Bertz CT molecular complexity index is 861. The molecule has 1 N–H and O–H groups in total. The van der Waals surface area contributed by atoms with Crippen molar-refractivity contribution in [2.75, 3.05) is 45.7 Å². The molecule has 1 saturated heterocycles. The van der Waals surface area contributed by atoms with Crippen molar-refractivity contribution in [2.24, 2.45) is 0 Å². The van der Waals surface area contributed by atoms with Crippen LogP contribution in [0.2, 0.25) is 0 Å². The molecule has 2 aromatic rings. The van der Waals surface area contributed by atoms with Gasteiger partial charge in [0.25, 0.3) is 5.91 Å². The minimum atomic E-state index is -0.0628. The van der Waals surface area contributed by atoms with Crippen molar-refractivity contribution >= 4 is 17.6 Å². The zero-order chi connectivity index (χ0) is 20.8. The van der Waals surface area contributed by atoms with Gasteiger partial charge < -0.3 is 24.6 Å². The van der Waals surface area contributed by atoms with Crippen LogP contribution in [0.15, 0.2) is 36.5 Å². The lowest BCUT2D eigenvalue weighted by molar-refractivity contribution is -0.130. The Morgan fingerprint density at radius 3 is 2.28 bits per heavy atom. The van der Waals surface area contributed by atoms with Crippen LogP contribution in [0.1, 0.15) is 22.8 Å². The third-order valence-electron chi connectivity index (χ3n) is 4.94. The number of methoxy groups -OCH3 is 2. The average molecular weight is 398 g/mol. The standard InChI is InChI=1S/C21H26N4O4/c1-15(26)24-8-10-25(11-9-24)21(27)17-5-7-20(23-14-17)22-13-16-4-6-18(28-2)19(12-16)29-3/h4-7,12,14H,8-11,13H2,1-3H3,(H,22,23). The van der Waals surface area contributed by atoms with Crippen LogP contribution in [0.3, 0.4) is 0 Å². The second-order valence-corrected chi connectivity index (χ2v) is 6.77. The number of nitrogens with zero attached hydrogens (tertiary/aromatic N) is 3. The fourth-order valence-corrected chi connectivity index (χ4v) is 3.22. The molecule has 1 aliphatic rings. The predicted molar refractivity (Wildman–Crippen MR) is 109 cm³/mol. The highest BCUT2D eigenvalue weighted by Crippen LogP contribution is 2.27. The Balaban J connectivity index is 1.56. The van der Waals surface area contributed by atoms with Crippen LogP contribution in [-0.4, -0.2) is 67.0 Å². The number of amides is 2. The summed E-state index contributed by atoms with van der Waals surface area (Å²) < 4.78 is 10.6. The van der Waals surface area contributed by atoms with Gasteiger partial charge in [-0.1, -0.05) is 6.07 Å². The fraction of sp³-hybridized carbons (Fsp3) is 0.381. The van der Waals surface area contributed by atoms with E-state index < -0.39 is 0 Å². The lowest BCUT2D eigenvalue weighted by atomic mass is 10.2. The van der Waals surface area contributed by atoms with E-state index in [2.05, 4.69) is 10.3 Å². The third kappa shape index (κ3) is 4.96. The first-order valence-corrected chi connectivity index (χ1v) is 9.47. The zero-order valence-corrected chi connectivity index (χ0v) is 17.0. The number of anilines is 1. The van der Waals surface area contributed by atoms with E-state index in [-0.39, 0.29) is 11.8 Å². The van der Waals surface area contributed by atoms with E-state index >= 15 is 0 Å². The maximum atomic E-state index is 12.6. The third-order valence-corrected chi connectivity index (χ3v) is 4.94. The number of pyridine rings is 1. The molecule has 0 unspecified atom stereocenters. The number of nitrogens with one attached hydrogen (secondary N) is 1. The van der Waals surface area contributed by atoms with Crippen molar-refractivity contribution < 1.29 is 19.1 Å². The number of hydrogen-bond donors (Lipinski definition) is 1. The van der Waals surface area contributed by atoms with Gasteiger partial charge in [0.15, 0.2) is 11.5 Å². The monoisotopic (exact) mass is 398 g/mol. The Hall–Kier alpha value is -3.29. The molecule has 2 amide bonds. The van der Waals surface area contributed by atoms with Crippen LogP contribution in [0.5, 0.6) is 11.5 Å². The van der Waals surface area contributed by atoms with E-state index in [0.29, 0.717) is 55.6 Å². The molecule has 1 aromatic carbocycles. The summed E-state index contributed by atoms with van der Waals surface area (Å²) in [6.07, 6.45) is 1.58. The molecular formula is C21H26N4O4. The average Bonchev–Trinajstić information content (AvgIpc) is 2.77. The highest BCUT2D eigenvalue weighted by atomic mass is 16.5. The second-order valence-electron chi connectivity index (χ2n) is 6.77. The number of rotatable bonds is 6. The molecule has 0 bridgehead atoms. The molecule has 2 heterocycles. The van der Waals surface area contributed by atoms with E-state index in [4.69, 9.17) is 9.47 Å². The lowest BCUT2D eigenvalue weighted by Crippen LogP contribution is -2.50. The van der Waals surface area contributed by atoms with Gasteiger partial charge in [-0.05, 0) is 29.8 Å². The maximum Gasteiger partial charge on any atom is 0.255 e. The molecule has 1 aliphatic heterocycles. The van der Waals surface area contributed by atoms with Gasteiger partial charge >= 0.3 is 0 Å².